The first kappa shape index (κ1) is 17.2. The molecule has 0 aromatic heterocycles. The molecule has 8 heteroatoms. The van der Waals surface area contributed by atoms with Crippen LogP contribution in [0.5, 0.6) is 0 Å². The number of likely N-dealkylation sites (N-methyl/N-ethyl adjacent to an activating group) is 1. The van der Waals surface area contributed by atoms with E-state index < -0.39 is 21.8 Å². The third kappa shape index (κ3) is 3.44. The minimum atomic E-state index is -4.56. The number of benzene rings is 1. The third-order valence-corrected chi connectivity index (χ3v) is 5.93. The number of alkyl halides is 3. The molecular weight excluding hydrogens is 317 g/mol. The fourth-order valence-electron chi connectivity index (χ4n) is 2.59. The summed E-state index contributed by atoms with van der Waals surface area (Å²) in [5.41, 5.74) is -0.626. The summed E-state index contributed by atoms with van der Waals surface area (Å²) in [4.78, 5) is -0.265. The Morgan fingerprint density at radius 1 is 1.32 bits per heavy atom. The number of sulfonamides is 1. The van der Waals surface area contributed by atoms with Crippen molar-refractivity contribution < 1.29 is 21.6 Å². The molecule has 0 saturated carbocycles. The smallest absolute Gasteiger partial charge is 0.316 e. The molecule has 0 amide bonds. The van der Waals surface area contributed by atoms with Gasteiger partial charge in [-0.3, -0.25) is 0 Å². The van der Waals surface area contributed by atoms with Crippen LogP contribution in [0.4, 0.5) is 13.2 Å². The lowest BCUT2D eigenvalue weighted by Gasteiger charge is -2.32. The van der Waals surface area contributed by atoms with Crippen LogP contribution in [0.15, 0.2) is 23.1 Å². The fraction of sp³-hybridized carbons (Fsp3) is 0.571. The summed E-state index contributed by atoms with van der Waals surface area (Å²) in [5, 5.41) is 3.02. The Balaban J connectivity index is 2.41. The van der Waals surface area contributed by atoms with Gasteiger partial charge in [0.15, 0.2) is 0 Å². The molecule has 0 spiro atoms. The van der Waals surface area contributed by atoms with E-state index in [1.54, 1.807) is 7.05 Å². The van der Waals surface area contributed by atoms with Crippen molar-refractivity contribution in [2.24, 2.45) is 0 Å². The van der Waals surface area contributed by atoms with Crippen LogP contribution in [-0.4, -0.2) is 38.9 Å². The van der Waals surface area contributed by atoms with Gasteiger partial charge in [-0.2, -0.15) is 17.5 Å². The maximum Gasteiger partial charge on any atom is 0.416 e. The summed E-state index contributed by atoms with van der Waals surface area (Å²) in [6, 6.07) is 2.86. The molecule has 1 aromatic carbocycles. The van der Waals surface area contributed by atoms with Gasteiger partial charge in [-0.05, 0) is 44.5 Å². The van der Waals surface area contributed by atoms with Gasteiger partial charge < -0.3 is 5.32 Å². The van der Waals surface area contributed by atoms with Crippen LogP contribution in [0.2, 0.25) is 0 Å². The van der Waals surface area contributed by atoms with Gasteiger partial charge in [0.05, 0.1) is 10.5 Å². The van der Waals surface area contributed by atoms with Crippen LogP contribution in [0.3, 0.4) is 0 Å². The van der Waals surface area contributed by atoms with Crippen molar-refractivity contribution in [1.82, 2.24) is 9.62 Å². The molecular formula is C14H19F3N2O2S. The van der Waals surface area contributed by atoms with Crippen LogP contribution in [0.1, 0.15) is 24.0 Å². The molecule has 0 bridgehead atoms. The van der Waals surface area contributed by atoms with E-state index in [-0.39, 0.29) is 17.5 Å². The maximum absolute atomic E-state index is 12.8. The zero-order valence-corrected chi connectivity index (χ0v) is 13.3. The van der Waals surface area contributed by atoms with Crippen LogP contribution in [0, 0.1) is 6.92 Å². The molecule has 2 rings (SSSR count). The maximum atomic E-state index is 12.8. The number of nitrogens with one attached hydrogen (secondary N) is 1. The van der Waals surface area contributed by atoms with E-state index in [1.165, 1.54) is 17.3 Å². The Bertz CT molecular complexity index is 644. The largest absolute Gasteiger partial charge is 0.416 e. The van der Waals surface area contributed by atoms with Gasteiger partial charge in [-0.15, -0.1) is 0 Å². The summed E-state index contributed by atoms with van der Waals surface area (Å²) in [6.07, 6.45) is -3.03. The van der Waals surface area contributed by atoms with E-state index in [0.717, 1.165) is 18.6 Å². The summed E-state index contributed by atoms with van der Waals surface area (Å²) in [7, 11) is -2.18. The second-order valence-electron chi connectivity index (χ2n) is 5.47. The lowest BCUT2D eigenvalue weighted by Crippen LogP contribution is -2.47. The molecule has 4 nitrogen and oxygen atoms in total. The highest BCUT2D eigenvalue weighted by Gasteiger charge is 2.35. The predicted octanol–water partition coefficient (Wildman–Crippen LogP) is 2.39. The number of hydrogen-bond donors (Lipinski definition) is 1. The van der Waals surface area contributed by atoms with Crippen molar-refractivity contribution in [1.29, 1.82) is 0 Å². The highest BCUT2D eigenvalue weighted by atomic mass is 32.2. The number of halogens is 3. The molecule has 0 radical (unpaired) electrons. The van der Waals surface area contributed by atoms with Gasteiger partial charge in [0.1, 0.15) is 0 Å². The Morgan fingerprint density at radius 3 is 2.59 bits per heavy atom. The van der Waals surface area contributed by atoms with Crippen LogP contribution >= 0.6 is 0 Å². The molecule has 1 aliphatic rings. The second-order valence-corrected chi connectivity index (χ2v) is 7.38. The standard InChI is InChI=1S/C14H19F3N2O2S/c1-10-5-6-11(14(15,16)17)8-13(10)22(20,21)19-7-3-4-12(9-19)18-2/h5-6,8,12,18H,3-4,7,9H2,1-2H3. The molecule has 1 aliphatic heterocycles. The van der Waals surface area contributed by atoms with Gasteiger partial charge in [-0.1, -0.05) is 6.07 Å². The van der Waals surface area contributed by atoms with Gasteiger partial charge in [-0.25, -0.2) is 8.42 Å². The molecule has 1 N–H and O–H groups in total. The highest BCUT2D eigenvalue weighted by molar-refractivity contribution is 7.89. The molecule has 1 atom stereocenters. The molecule has 1 unspecified atom stereocenters. The quantitative estimate of drug-likeness (QED) is 0.922. The van der Waals surface area contributed by atoms with E-state index in [1.807, 2.05) is 0 Å². The van der Waals surface area contributed by atoms with Crippen LogP contribution in [-0.2, 0) is 16.2 Å². The average Bonchev–Trinajstić information content (AvgIpc) is 2.46. The summed E-state index contributed by atoms with van der Waals surface area (Å²) < 4.78 is 65.1. The lowest BCUT2D eigenvalue weighted by atomic mass is 10.1. The topological polar surface area (TPSA) is 49.4 Å². The Morgan fingerprint density at radius 2 is 2.00 bits per heavy atom. The first-order valence-corrected chi connectivity index (χ1v) is 8.45. The Labute approximate surface area is 128 Å². The van der Waals surface area contributed by atoms with Crippen molar-refractivity contribution in [2.45, 2.75) is 36.9 Å². The zero-order chi connectivity index (χ0) is 16.5. The van der Waals surface area contributed by atoms with E-state index in [4.69, 9.17) is 0 Å². The number of nitrogens with zero attached hydrogens (tertiary/aromatic N) is 1. The van der Waals surface area contributed by atoms with E-state index in [2.05, 4.69) is 5.32 Å². The SMILES string of the molecule is CNC1CCCN(S(=O)(=O)c2cc(C(F)(F)F)ccc2C)C1. The average molecular weight is 336 g/mol. The molecule has 1 saturated heterocycles. The van der Waals surface area contributed by atoms with Gasteiger partial charge >= 0.3 is 6.18 Å². The van der Waals surface area contributed by atoms with Crippen molar-refractivity contribution in [3.8, 4) is 0 Å². The molecule has 1 aromatic rings. The number of hydrogen-bond acceptors (Lipinski definition) is 3. The summed E-state index contributed by atoms with van der Waals surface area (Å²) in [6.45, 7) is 2.11. The van der Waals surface area contributed by atoms with E-state index in [0.29, 0.717) is 18.5 Å². The van der Waals surface area contributed by atoms with Crippen molar-refractivity contribution >= 4 is 10.0 Å². The van der Waals surface area contributed by atoms with Gasteiger partial charge in [0.25, 0.3) is 0 Å². The molecule has 1 heterocycles. The molecule has 1 fully saturated rings. The van der Waals surface area contributed by atoms with E-state index >= 15 is 0 Å². The third-order valence-electron chi connectivity index (χ3n) is 3.93. The Kier molecular flexibility index (Phi) is 4.84. The van der Waals surface area contributed by atoms with Crippen LogP contribution in [0.25, 0.3) is 0 Å². The monoisotopic (exact) mass is 336 g/mol. The van der Waals surface area contributed by atoms with Crippen molar-refractivity contribution in [3.05, 3.63) is 29.3 Å². The molecule has 124 valence electrons. The Hall–Kier alpha value is -1.12. The highest BCUT2D eigenvalue weighted by Crippen LogP contribution is 2.33. The second kappa shape index (κ2) is 6.17. The lowest BCUT2D eigenvalue weighted by molar-refractivity contribution is -0.137. The molecule has 0 aliphatic carbocycles. The van der Waals surface area contributed by atoms with Gasteiger partial charge in [0.2, 0.25) is 10.0 Å². The zero-order valence-electron chi connectivity index (χ0n) is 12.4. The summed E-state index contributed by atoms with van der Waals surface area (Å²) >= 11 is 0. The normalized spacial score (nSPS) is 21.0. The van der Waals surface area contributed by atoms with Gasteiger partial charge in [0, 0.05) is 19.1 Å². The summed E-state index contributed by atoms with van der Waals surface area (Å²) in [5.74, 6) is 0. The van der Waals surface area contributed by atoms with Crippen LogP contribution < -0.4 is 5.32 Å². The molecule has 22 heavy (non-hydrogen) atoms. The van der Waals surface area contributed by atoms with E-state index in [9.17, 15) is 21.6 Å². The number of piperidine rings is 1. The fourth-order valence-corrected chi connectivity index (χ4v) is 4.36. The van der Waals surface area contributed by atoms with Crippen molar-refractivity contribution in [2.75, 3.05) is 20.1 Å². The predicted molar refractivity (Wildman–Crippen MR) is 77.0 cm³/mol. The first-order chi connectivity index (χ1) is 10.2. The number of aryl methyl sites for hydroxylation is 1. The van der Waals surface area contributed by atoms with Crippen molar-refractivity contribution in [3.63, 3.8) is 0 Å². The minimum Gasteiger partial charge on any atom is -0.316 e. The minimum absolute atomic E-state index is 0.0228. The number of rotatable bonds is 3. The first-order valence-electron chi connectivity index (χ1n) is 7.01.